The Hall–Kier alpha value is 0.390. The van der Waals surface area contributed by atoms with E-state index in [9.17, 15) is 0 Å². The van der Waals surface area contributed by atoms with E-state index < -0.39 is 0 Å². The van der Waals surface area contributed by atoms with E-state index in [1.807, 2.05) is 0 Å². The predicted molar refractivity (Wildman–Crippen MR) is 90.5 cm³/mol. The molecule has 0 aromatic carbocycles. The molecule has 20 heavy (non-hydrogen) atoms. The molecule has 2 aliphatic rings. The molecule has 2 heterocycles. The van der Waals surface area contributed by atoms with Crippen LogP contribution in [0.15, 0.2) is 10.5 Å². The number of fused-ring (bicyclic) bond motifs is 1. The van der Waals surface area contributed by atoms with Crippen LogP contribution >= 0.6 is 38.9 Å². The van der Waals surface area contributed by atoms with E-state index in [1.165, 1.54) is 49.9 Å². The van der Waals surface area contributed by atoms with Gasteiger partial charge in [-0.15, -0.1) is 11.3 Å². The summed E-state index contributed by atoms with van der Waals surface area (Å²) in [5, 5.41) is 0. The largest absolute Gasteiger partial charge is 0.329 e. The molecule has 1 aliphatic carbocycles. The van der Waals surface area contributed by atoms with Gasteiger partial charge < -0.3 is 5.73 Å². The molecule has 0 amide bonds. The Morgan fingerprint density at radius 1 is 1.35 bits per heavy atom. The van der Waals surface area contributed by atoms with Gasteiger partial charge in [0, 0.05) is 21.9 Å². The van der Waals surface area contributed by atoms with E-state index in [-0.39, 0.29) is 0 Å². The summed E-state index contributed by atoms with van der Waals surface area (Å²) in [4.78, 5) is 4.00. The number of nitrogens with zero attached hydrogens (tertiary/aromatic N) is 1. The molecule has 1 aromatic rings. The minimum Gasteiger partial charge on any atom is -0.329 e. The molecule has 2 N–H and O–H groups in total. The fourth-order valence-electron chi connectivity index (χ4n) is 3.99. The van der Waals surface area contributed by atoms with Crippen molar-refractivity contribution in [1.82, 2.24) is 4.90 Å². The zero-order chi connectivity index (χ0) is 14.1. The van der Waals surface area contributed by atoms with Crippen molar-refractivity contribution in [2.45, 2.75) is 50.6 Å². The molecular formula is C15H22BrClN2S. The topological polar surface area (TPSA) is 29.3 Å². The summed E-state index contributed by atoms with van der Waals surface area (Å²) in [6.45, 7) is 1.88. The molecule has 1 aliphatic heterocycles. The molecular weight excluding hydrogens is 356 g/mol. The fraction of sp³-hybridized carbons (Fsp3) is 0.733. The van der Waals surface area contributed by atoms with Gasteiger partial charge in [0.1, 0.15) is 4.34 Å². The minimum absolute atomic E-state index is 0.342. The predicted octanol–water partition coefficient (Wildman–Crippen LogP) is 4.82. The van der Waals surface area contributed by atoms with Gasteiger partial charge in [0.05, 0.1) is 6.04 Å². The first kappa shape index (κ1) is 15.3. The number of halogens is 2. The Kier molecular flexibility index (Phi) is 5.09. The van der Waals surface area contributed by atoms with Gasteiger partial charge in [-0.2, -0.15) is 0 Å². The van der Waals surface area contributed by atoms with Crippen LogP contribution in [-0.4, -0.2) is 24.0 Å². The minimum atomic E-state index is 0.342. The van der Waals surface area contributed by atoms with Gasteiger partial charge in [0.2, 0.25) is 0 Å². The molecule has 1 saturated carbocycles. The van der Waals surface area contributed by atoms with E-state index in [4.69, 9.17) is 17.3 Å². The second-order valence-electron chi connectivity index (χ2n) is 6.01. The second-order valence-corrected chi connectivity index (χ2v) is 8.55. The third-order valence-electron chi connectivity index (χ3n) is 4.90. The molecule has 0 bridgehead atoms. The summed E-state index contributed by atoms with van der Waals surface area (Å²) in [6, 6.07) is 3.25. The summed E-state index contributed by atoms with van der Waals surface area (Å²) in [6.07, 6.45) is 8.28. The highest BCUT2D eigenvalue weighted by Crippen LogP contribution is 2.42. The van der Waals surface area contributed by atoms with Crippen LogP contribution < -0.4 is 5.73 Å². The molecule has 3 atom stereocenters. The first-order valence-electron chi connectivity index (χ1n) is 7.61. The monoisotopic (exact) mass is 376 g/mol. The summed E-state index contributed by atoms with van der Waals surface area (Å²) in [5.41, 5.74) is 6.12. The van der Waals surface area contributed by atoms with Crippen LogP contribution in [0.1, 0.15) is 49.4 Å². The van der Waals surface area contributed by atoms with Crippen LogP contribution in [0, 0.1) is 5.92 Å². The van der Waals surface area contributed by atoms with Gasteiger partial charge in [0.25, 0.3) is 0 Å². The smallest absolute Gasteiger partial charge is 0.107 e. The molecule has 1 unspecified atom stereocenters. The molecule has 5 heteroatoms. The van der Waals surface area contributed by atoms with Gasteiger partial charge >= 0.3 is 0 Å². The first-order chi connectivity index (χ1) is 9.70. The van der Waals surface area contributed by atoms with Gasteiger partial charge in [-0.1, -0.05) is 24.4 Å². The zero-order valence-electron chi connectivity index (χ0n) is 11.7. The summed E-state index contributed by atoms with van der Waals surface area (Å²) in [5.74, 6) is 0.894. The van der Waals surface area contributed by atoms with Gasteiger partial charge in [-0.05, 0) is 60.1 Å². The number of hydrogen-bond acceptors (Lipinski definition) is 3. The maximum absolute atomic E-state index is 6.22. The van der Waals surface area contributed by atoms with Crippen LogP contribution in [0.4, 0.5) is 0 Å². The zero-order valence-corrected chi connectivity index (χ0v) is 14.8. The molecule has 2 nitrogen and oxygen atoms in total. The van der Waals surface area contributed by atoms with Crippen molar-refractivity contribution >= 4 is 38.9 Å². The molecule has 1 saturated heterocycles. The Bertz CT molecular complexity index is 443. The Labute approximate surface area is 138 Å². The summed E-state index contributed by atoms with van der Waals surface area (Å²) in [7, 11) is 0. The molecule has 0 spiro atoms. The van der Waals surface area contributed by atoms with Crippen molar-refractivity contribution in [1.29, 1.82) is 0 Å². The van der Waals surface area contributed by atoms with Crippen LogP contribution in [0.25, 0.3) is 0 Å². The second kappa shape index (κ2) is 6.66. The SMILES string of the molecule is NCC(c1cc(Br)c(Cl)s1)N1CCC[C@H]2CCCC[C@H]21. The number of piperidine rings is 1. The van der Waals surface area contributed by atoms with Crippen molar-refractivity contribution in [2.75, 3.05) is 13.1 Å². The van der Waals surface area contributed by atoms with E-state index in [1.54, 1.807) is 11.3 Å². The van der Waals surface area contributed by atoms with Crippen molar-refractivity contribution in [2.24, 2.45) is 11.7 Å². The number of nitrogens with two attached hydrogens (primary N) is 1. The lowest BCUT2D eigenvalue weighted by molar-refractivity contribution is 0.0287. The standard InChI is InChI=1S/C15H22BrClN2S/c16-11-8-14(20-15(11)17)13(9-18)19-7-3-5-10-4-1-2-6-12(10)19/h8,10,12-13H,1-7,9,18H2/t10-,12-,13?/m1/s1. The molecule has 112 valence electrons. The van der Waals surface area contributed by atoms with E-state index >= 15 is 0 Å². The Balaban J connectivity index is 1.83. The van der Waals surface area contributed by atoms with Crippen molar-refractivity contribution in [3.63, 3.8) is 0 Å². The number of rotatable bonds is 3. The quantitative estimate of drug-likeness (QED) is 0.818. The van der Waals surface area contributed by atoms with Crippen molar-refractivity contribution in [3.8, 4) is 0 Å². The summed E-state index contributed by atoms with van der Waals surface area (Å²) >= 11 is 11.4. The number of likely N-dealkylation sites (tertiary alicyclic amines) is 1. The molecule has 3 rings (SSSR count). The highest BCUT2D eigenvalue weighted by Gasteiger charge is 2.37. The highest BCUT2D eigenvalue weighted by molar-refractivity contribution is 9.10. The highest BCUT2D eigenvalue weighted by atomic mass is 79.9. The van der Waals surface area contributed by atoms with E-state index in [0.29, 0.717) is 12.6 Å². The maximum atomic E-state index is 6.22. The average Bonchev–Trinajstić information content (AvgIpc) is 2.79. The van der Waals surface area contributed by atoms with Gasteiger partial charge in [0.15, 0.2) is 0 Å². The van der Waals surface area contributed by atoms with Gasteiger partial charge in [-0.3, -0.25) is 4.90 Å². The third-order valence-corrected chi connectivity index (χ3v) is 7.48. The van der Waals surface area contributed by atoms with Crippen LogP contribution in [0.5, 0.6) is 0 Å². The normalized spacial score (nSPS) is 29.1. The molecule has 2 fully saturated rings. The fourth-order valence-corrected chi connectivity index (χ4v) is 5.86. The number of thiophene rings is 1. The van der Waals surface area contributed by atoms with E-state index in [2.05, 4.69) is 26.9 Å². The summed E-state index contributed by atoms with van der Waals surface area (Å²) < 4.78 is 1.85. The van der Waals surface area contributed by atoms with Gasteiger partial charge in [-0.25, -0.2) is 0 Å². The average molecular weight is 378 g/mol. The Morgan fingerprint density at radius 3 is 2.80 bits per heavy atom. The lowest BCUT2D eigenvalue weighted by Gasteiger charge is -2.47. The van der Waals surface area contributed by atoms with Crippen LogP contribution in [0.3, 0.4) is 0 Å². The third kappa shape index (κ3) is 2.95. The van der Waals surface area contributed by atoms with Crippen molar-refractivity contribution < 1.29 is 0 Å². The van der Waals surface area contributed by atoms with Crippen molar-refractivity contribution in [3.05, 3.63) is 19.8 Å². The maximum Gasteiger partial charge on any atom is 0.107 e. The molecule has 1 aromatic heterocycles. The first-order valence-corrected chi connectivity index (χ1v) is 9.60. The van der Waals surface area contributed by atoms with E-state index in [0.717, 1.165) is 20.8 Å². The number of hydrogen-bond donors (Lipinski definition) is 1. The van der Waals surface area contributed by atoms with Crippen LogP contribution in [-0.2, 0) is 0 Å². The Morgan fingerprint density at radius 2 is 2.10 bits per heavy atom. The lowest BCUT2D eigenvalue weighted by atomic mass is 9.77. The van der Waals surface area contributed by atoms with Crippen LogP contribution in [0.2, 0.25) is 4.34 Å². The molecule has 0 radical (unpaired) electrons. The lowest BCUT2D eigenvalue weighted by Crippen LogP contribution is -2.49.